The summed E-state index contributed by atoms with van der Waals surface area (Å²) in [6, 6.07) is 10.9. The lowest BCUT2D eigenvalue weighted by Gasteiger charge is -2.14. The zero-order valence-electron chi connectivity index (χ0n) is 10.2. The second-order valence-corrected chi connectivity index (χ2v) is 4.20. The van der Waals surface area contributed by atoms with Gasteiger partial charge in [0.2, 0.25) is 5.71 Å². The number of rotatable bonds is 3. The molecule has 0 fully saturated rings. The van der Waals surface area contributed by atoms with Gasteiger partial charge in [-0.15, -0.1) is 5.10 Å². The van der Waals surface area contributed by atoms with Crippen molar-refractivity contribution >= 4 is 34.6 Å². The van der Waals surface area contributed by atoms with Crippen LogP contribution < -0.4 is 5.01 Å². The van der Waals surface area contributed by atoms with Crippen molar-refractivity contribution in [2.75, 3.05) is 5.01 Å². The van der Waals surface area contributed by atoms with E-state index < -0.39 is 5.71 Å². The SMILES string of the molecule is N#CC(C#N)=CN(N=C(C#N)C#N)c1ccc(Cl)c(Cl)c1. The topological polar surface area (TPSA) is 111 Å². The number of halogens is 2. The minimum atomic E-state index is -0.451. The molecule has 1 aromatic carbocycles. The maximum Gasteiger partial charge on any atom is 0.237 e. The first-order valence-electron chi connectivity index (χ1n) is 5.20. The van der Waals surface area contributed by atoms with Crippen molar-refractivity contribution in [3.63, 3.8) is 0 Å². The normalized spacial score (nSPS) is 8.29. The Morgan fingerprint density at radius 2 is 1.62 bits per heavy atom. The number of hydrogen-bond donors (Lipinski definition) is 0. The largest absolute Gasteiger partial charge is 0.237 e. The number of hydrogen-bond acceptors (Lipinski definition) is 6. The number of hydrazone groups is 1. The molecule has 0 aliphatic heterocycles. The van der Waals surface area contributed by atoms with Crippen molar-refractivity contribution in [2.45, 2.75) is 0 Å². The van der Waals surface area contributed by atoms with Gasteiger partial charge in [0.25, 0.3) is 0 Å². The van der Waals surface area contributed by atoms with Gasteiger partial charge in [0.15, 0.2) is 0 Å². The van der Waals surface area contributed by atoms with Crippen LogP contribution >= 0.6 is 23.2 Å². The van der Waals surface area contributed by atoms with Crippen molar-refractivity contribution in [3.05, 3.63) is 40.0 Å². The lowest BCUT2D eigenvalue weighted by molar-refractivity contribution is 1.07. The molecule has 0 atom stereocenters. The van der Waals surface area contributed by atoms with E-state index in [4.69, 9.17) is 44.2 Å². The molecule has 0 radical (unpaired) electrons. The van der Waals surface area contributed by atoms with E-state index in [1.165, 1.54) is 18.2 Å². The highest BCUT2D eigenvalue weighted by Gasteiger charge is 2.09. The second kappa shape index (κ2) is 7.53. The van der Waals surface area contributed by atoms with Crippen molar-refractivity contribution in [2.24, 2.45) is 5.10 Å². The summed E-state index contributed by atoms with van der Waals surface area (Å²) in [6.45, 7) is 0. The molecule has 0 unspecified atom stereocenters. The number of nitrogens with zero attached hydrogens (tertiary/aromatic N) is 6. The molecule has 0 spiro atoms. The fraction of sp³-hybridized carbons (Fsp3) is 0. The highest BCUT2D eigenvalue weighted by atomic mass is 35.5. The Balaban J connectivity index is 3.44. The summed E-state index contributed by atoms with van der Waals surface area (Å²) in [5.41, 5.74) is -0.386. The maximum absolute atomic E-state index is 8.78. The van der Waals surface area contributed by atoms with E-state index in [-0.39, 0.29) is 10.6 Å². The van der Waals surface area contributed by atoms with Crippen molar-refractivity contribution in [3.8, 4) is 24.3 Å². The molecule has 0 saturated heterocycles. The average molecular weight is 315 g/mol. The zero-order valence-corrected chi connectivity index (χ0v) is 11.8. The van der Waals surface area contributed by atoms with E-state index >= 15 is 0 Å². The Bertz CT molecular complexity index is 709. The van der Waals surface area contributed by atoms with Gasteiger partial charge in [0.05, 0.1) is 21.9 Å². The van der Waals surface area contributed by atoms with Gasteiger partial charge < -0.3 is 0 Å². The molecule has 0 bridgehead atoms. The van der Waals surface area contributed by atoms with Crippen LogP contribution in [0, 0.1) is 45.3 Å². The van der Waals surface area contributed by atoms with Crippen LogP contribution in [0.2, 0.25) is 10.0 Å². The molecule has 0 N–H and O–H groups in total. The minimum absolute atomic E-state index is 0.216. The molecule has 6 nitrogen and oxygen atoms in total. The lowest BCUT2D eigenvalue weighted by Crippen LogP contribution is -2.11. The van der Waals surface area contributed by atoms with Crippen molar-refractivity contribution in [1.29, 1.82) is 21.0 Å². The smallest absolute Gasteiger partial charge is 0.237 e. The van der Waals surface area contributed by atoms with Gasteiger partial charge >= 0.3 is 0 Å². The number of nitriles is 4. The molecular weight excluding hydrogens is 311 g/mol. The predicted molar refractivity (Wildman–Crippen MR) is 76.9 cm³/mol. The van der Waals surface area contributed by atoms with Crippen LogP contribution in [-0.2, 0) is 0 Å². The lowest BCUT2D eigenvalue weighted by atomic mass is 10.3. The summed E-state index contributed by atoms with van der Waals surface area (Å²) in [6.07, 6.45) is 1.08. The number of anilines is 1. The summed E-state index contributed by atoms with van der Waals surface area (Å²) in [5.74, 6) is 0. The second-order valence-electron chi connectivity index (χ2n) is 3.38. The quantitative estimate of drug-likeness (QED) is 0.483. The molecule has 8 heteroatoms. The van der Waals surface area contributed by atoms with Gasteiger partial charge in [-0.3, -0.25) is 0 Å². The van der Waals surface area contributed by atoms with Gasteiger partial charge in [0.1, 0.15) is 29.8 Å². The van der Waals surface area contributed by atoms with Crippen molar-refractivity contribution < 1.29 is 0 Å². The first-order chi connectivity index (χ1) is 10.0. The Kier molecular flexibility index (Phi) is 5.75. The van der Waals surface area contributed by atoms with E-state index in [0.29, 0.717) is 10.7 Å². The molecule has 0 heterocycles. The molecule has 0 saturated carbocycles. The molecule has 1 aromatic rings. The Morgan fingerprint density at radius 3 is 2.10 bits per heavy atom. The maximum atomic E-state index is 8.78. The Hall–Kier alpha value is -3.03. The monoisotopic (exact) mass is 314 g/mol. The highest BCUT2D eigenvalue weighted by molar-refractivity contribution is 6.42. The third-order valence-electron chi connectivity index (χ3n) is 2.08. The van der Waals surface area contributed by atoms with E-state index in [1.54, 1.807) is 24.3 Å². The molecule has 0 aliphatic rings. The molecule has 21 heavy (non-hydrogen) atoms. The van der Waals surface area contributed by atoms with E-state index in [0.717, 1.165) is 11.2 Å². The van der Waals surface area contributed by atoms with Gasteiger partial charge in [-0.25, -0.2) is 5.01 Å². The summed E-state index contributed by atoms with van der Waals surface area (Å²) >= 11 is 11.7. The number of benzene rings is 1. The first-order valence-corrected chi connectivity index (χ1v) is 5.96. The van der Waals surface area contributed by atoms with Gasteiger partial charge in [-0.1, -0.05) is 23.2 Å². The van der Waals surface area contributed by atoms with Crippen LogP contribution in [0.5, 0.6) is 0 Å². The van der Waals surface area contributed by atoms with Crippen molar-refractivity contribution in [1.82, 2.24) is 0 Å². The van der Waals surface area contributed by atoms with Gasteiger partial charge in [-0.05, 0) is 18.2 Å². The summed E-state index contributed by atoms with van der Waals surface area (Å²) in [7, 11) is 0. The number of allylic oxidation sites excluding steroid dienone is 1. The first kappa shape index (κ1) is 16.0. The third-order valence-corrected chi connectivity index (χ3v) is 2.82. The molecule has 100 valence electrons. The summed E-state index contributed by atoms with van der Waals surface area (Å²) < 4.78 is 0. The van der Waals surface area contributed by atoms with Crippen LogP contribution in [0.15, 0.2) is 35.1 Å². The fourth-order valence-electron chi connectivity index (χ4n) is 1.17. The third kappa shape index (κ3) is 4.23. The van der Waals surface area contributed by atoms with Crippen LogP contribution in [0.4, 0.5) is 5.69 Å². The molecular formula is C13H4Cl2N6. The minimum Gasteiger partial charge on any atom is -0.237 e. The Labute approximate surface area is 130 Å². The molecule has 1 rings (SSSR count). The predicted octanol–water partition coefficient (Wildman–Crippen LogP) is 3.13. The van der Waals surface area contributed by atoms with Crippen LogP contribution in [0.1, 0.15) is 0 Å². The Morgan fingerprint density at radius 1 is 1.00 bits per heavy atom. The van der Waals surface area contributed by atoms with E-state index in [2.05, 4.69) is 5.10 Å². The highest BCUT2D eigenvalue weighted by Crippen LogP contribution is 2.28. The summed E-state index contributed by atoms with van der Waals surface area (Å²) in [4.78, 5) is 0. The van der Waals surface area contributed by atoms with Crippen LogP contribution in [0.25, 0.3) is 0 Å². The standard InChI is InChI=1S/C13H4Cl2N6/c14-12-2-1-11(3-13(12)15)21(8-9(4-16)5-17)20-10(6-18)7-19/h1-3,8H. The zero-order chi connectivity index (χ0) is 15.8. The van der Waals surface area contributed by atoms with Crippen LogP contribution in [0.3, 0.4) is 0 Å². The van der Waals surface area contributed by atoms with Crippen LogP contribution in [-0.4, -0.2) is 5.71 Å². The summed E-state index contributed by atoms with van der Waals surface area (Å²) in [5, 5.41) is 40.3. The fourth-order valence-corrected chi connectivity index (χ4v) is 1.46. The van der Waals surface area contributed by atoms with Gasteiger partial charge in [0, 0.05) is 0 Å². The molecule has 0 aromatic heterocycles. The molecule has 0 aliphatic carbocycles. The van der Waals surface area contributed by atoms with E-state index in [1.807, 2.05) is 0 Å². The molecule has 0 amide bonds. The van der Waals surface area contributed by atoms with E-state index in [9.17, 15) is 0 Å². The average Bonchev–Trinajstić information content (AvgIpc) is 2.50. The van der Waals surface area contributed by atoms with Gasteiger partial charge in [-0.2, -0.15) is 21.0 Å².